The molecule has 16 heteroatoms. The van der Waals surface area contributed by atoms with Crippen LogP contribution in [0, 0.1) is 28.6 Å². The molecule has 0 spiro atoms. The molecule has 0 bridgehead atoms. The number of ether oxygens (including phenoxy) is 6. The first-order chi connectivity index (χ1) is 25.5. The largest absolute Gasteiger partial charge is 0.394 e. The summed E-state index contributed by atoms with van der Waals surface area (Å²) in [6.45, 7) is 6.29. The quantitative estimate of drug-likeness (QED) is 0.128. The Kier molecular flexibility index (Phi) is 11.6. The van der Waals surface area contributed by atoms with Crippen LogP contribution in [0.5, 0.6) is 0 Å². The summed E-state index contributed by atoms with van der Waals surface area (Å²) in [5, 5.41) is 96.4. The standard InChI is InChI=1S/C38H58O16/c1-15(40)20-7-8-21-19-6-5-17-11-18(41)12-25(38(17,4)22(19)9-10-37(20,21)3)52-36-33(54-35-31(48)29(46)26(43)16(2)50-35)32(28(45)24(13-39)51-36)53-34-30(47)27(44)23(42)14-49-34/h5,7,16,18-19,21-36,39,41-48H,6,8-14H2,1-4H3. The molecule has 5 fully saturated rings. The predicted molar refractivity (Wildman–Crippen MR) is 184 cm³/mol. The van der Waals surface area contributed by atoms with Gasteiger partial charge < -0.3 is 74.4 Å². The molecule has 0 radical (unpaired) electrons. The molecule has 0 aromatic heterocycles. The third-order valence-electron chi connectivity index (χ3n) is 14.0. The van der Waals surface area contributed by atoms with Gasteiger partial charge in [-0.3, -0.25) is 4.79 Å². The van der Waals surface area contributed by atoms with Crippen molar-refractivity contribution in [2.24, 2.45) is 28.6 Å². The van der Waals surface area contributed by atoms with Crippen LogP contribution >= 0.6 is 0 Å². The Bertz CT molecular complexity index is 1440. The third-order valence-corrected chi connectivity index (χ3v) is 14.0. The van der Waals surface area contributed by atoms with Crippen LogP contribution < -0.4 is 0 Å². The Morgan fingerprint density at radius 3 is 2.22 bits per heavy atom. The van der Waals surface area contributed by atoms with E-state index in [1.54, 1.807) is 6.92 Å². The molecule has 4 aliphatic carbocycles. The highest BCUT2D eigenvalue weighted by atomic mass is 16.8. The smallest absolute Gasteiger partial charge is 0.187 e. The fraction of sp³-hybridized carbons (Fsp3) is 0.868. The average molecular weight is 771 g/mol. The van der Waals surface area contributed by atoms with Crippen molar-refractivity contribution in [3.63, 3.8) is 0 Å². The van der Waals surface area contributed by atoms with Crippen molar-refractivity contribution in [2.45, 2.75) is 164 Å². The maximum atomic E-state index is 12.7. The number of rotatable bonds is 8. The predicted octanol–water partition coefficient (Wildman–Crippen LogP) is -1.45. The van der Waals surface area contributed by atoms with Gasteiger partial charge in [-0.1, -0.05) is 31.6 Å². The zero-order valence-corrected chi connectivity index (χ0v) is 31.2. The number of carbonyl (C=O) groups is 1. The molecule has 0 aromatic rings. The summed E-state index contributed by atoms with van der Waals surface area (Å²) in [6, 6.07) is 0. The molecule has 7 rings (SSSR count). The number of hydrogen-bond donors (Lipinski definition) is 9. The molecule has 9 N–H and O–H groups in total. The van der Waals surface area contributed by atoms with Crippen LogP contribution in [0.15, 0.2) is 23.3 Å². The molecule has 306 valence electrons. The summed E-state index contributed by atoms with van der Waals surface area (Å²) in [5.41, 5.74) is 1.06. The molecule has 7 aliphatic rings. The molecule has 21 unspecified atom stereocenters. The van der Waals surface area contributed by atoms with Gasteiger partial charge in [-0.15, -0.1) is 0 Å². The van der Waals surface area contributed by atoms with Crippen molar-refractivity contribution in [1.29, 1.82) is 0 Å². The van der Waals surface area contributed by atoms with Gasteiger partial charge in [0.25, 0.3) is 0 Å². The van der Waals surface area contributed by atoms with E-state index in [0.717, 1.165) is 36.8 Å². The van der Waals surface area contributed by atoms with Gasteiger partial charge in [0, 0.05) is 11.8 Å². The second kappa shape index (κ2) is 15.4. The lowest BCUT2D eigenvalue weighted by Crippen LogP contribution is -2.67. The summed E-state index contributed by atoms with van der Waals surface area (Å²) < 4.78 is 36.7. The zero-order valence-electron chi connectivity index (χ0n) is 31.2. The molecule has 0 amide bonds. The first kappa shape index (κ1) is 40.7. The molecule has 16 nitrogen and oxygen atoms in total. The molecule has 3 heterocycles. The normalized spacial score (nSPS) is 53.5. The van der Waals surface area contributed by atoms with Crippen LogP contribution in [0.2, 0.25) is 0 Å². The highest BCUT2D eigenvalue weighted by Crippen LogP contribution is 2.65. The minimum absolute atomic E-state index is 0.0944. The van der Waals surface area contributed by atoms with Crippen LogP contribution in [-0.2, 0) is 33.2 Å². The van der Waals surface area contributed by atoms with E-state index in [9.17, 15) is 50.8 Å². The minimum Gasteiger partial charge on any atom is -0.394 e. The number of allylic oxidation sites excluding steroid dienone is 3. The first-order valence-electron chi connectivity index (χ1n) is 19.4. The van der Waals surface area contributed by atoms with Crippen molar-refractivity contribution in [3.8, 4) is 0 Å². The van der Waals surface area contributed by atoms with Crippen molar-refractivity contribution in [2.75, 3.05) is 13.2 Å². The van der Waals surface area contributed by atoms with E-state index in [1.807, 2.05) is 0 Å². The van der Waals surface area contributed by atoms with Crippen LogP contribution in [0.3, 0.4) is 0 Å². The van der Waals surface area contributed by atoms with Crippen LogP contribution in [0.1, 0.15) is 66.2 Å². The van der Waals surface area contributed by atoms with Gasteiger partial charge in [-0.05, 0) is 74.7 Å². The third kappa shape index (κ3) is 6.75. The number of Topliss-reactive ketones (excluding diaryl/α,β-unsaturated/α-hetero) is 1. The Hall–Kier alpha value is -1.45. The lowest BCUT2D eigenvalue weighted by molar-refractivity contribution is -0.393. The van der Waals surface area contributed by atoms with Gasteiger partial charge >= 0.3 is 0 Å². The van der Waals surface area contributed by atoms with Crippen molar-refractivity contribution >= 4 is 5.78 Å². The Labute approximate surface area is 314 Å². The summed E-state index contributed by atoms with van der Waals surface area (Å²) in [6.07, 6.45) is -14.9. The maximum absolute atomic E-state index is 12.7. The Morgan fingerprint density at radius 2 is 1.52 bits per heavy atom. The number of carbonyl (C=O) groups excluding carboxylic acids is 1. The number of hydrogen-bond acceptors (Lipinski definition) is 16. The van der Waals surface area contributed by atoms with E-state index in [-0.39, 0.29) is 35.4 Å². The SMILES string of the molecule is CC(=O)C1=CCC2C3CC=C4CC(O)CC(OC5OC(CO)C(O)C(OC6OCC(O)C(O)C6O)C5OC5OC(C)C(O)C(O)C5O)C4(C)C3CCC12C. The second-order valence-corrected chi connectivity index (χ2v) is 17.1. The van der Waals surface area contributed by atoms with E-state index >= 15 is 0 Å². The van der Waals surface area contributed by atoms with Gasteiger partial charge in [-0.2, -0.15) is 0 Å². The van der Waals surface area contributed by atoms with E-state index in [2.05, 4.69) is 26.0 Å². The van der Waals surface area contributed by atoms with Gasteiger partial charge in [-0.25, -0.2) is 0 Å². The van der Waals surface area contributed by atoms with Crippen LogP contribution in [0.25, 0.3) is 0 Å². The summed E-state index contributed by atoms with van der Waals surface area (Å²) in [5.74, 6) is 0.635. The Balaban J connectivity index is 1.22. The lowest BCUT2D eigenvalue weighted by Gasteiger charge is -2.60. The van der Waals surface area contributed by atoms with Gasteiger partial charge in [0.15, 0.2) is 24.7 Å². The molecule has 21 atom stereocenters. The van der Waals surface area contributed by atoms with E-state index in [4.69, 9.17) is 28.4 Å². The molecule has 3 aliphatic heterocycles. The molecular formula is C38H58O16. The number of aliphatic hydroxyl groups excluding tert-OH is 9. The molecule has 0 aromatic carbocycles. The molecular weight excluding hydrogens is 712 g/mol. The summed E-state index contributed by atoms with van der Waals surface area (Å²) in [4.78, 5) is 12.7. The Morgan fingerprint density at radius 1 is 0.815 bits per heavy atom. The monoisotopic (exact) mass is 770 g/mol. The fourth-order valence-electron chi connectivity index (χ4n) is 10.9. The van der Waals surface area contributed by atoms with Gasteiger partial charge in [0.05, 0.1) is 31.5 Å². The highest BCUT2D eigenvalue weighted by Gasteiger charge is 2.62. The summed E-state index contributed by atoms with van der Waals surface area (Å²) >= 11 is 0. The topological polar surface area (TPSA) is 255 Å². The highest BCUT2D eigenvalue weighted by molar-refractivity contribution is 5.95. The molecule has 54 heavy (non-hydrogen) atoms. The number of fused-ring (bicyclic) bond motifs is 5. The second-order valence-electron chi connectivity index (χ2n) is 17.1. The number of aliphatic hydroxyl groups is 9. The first-order valence-corrected chi connectivity index (χ1v) is 19.4. The van der Waals surface area contributed by atoms with Gasteiger partial charge in [0.1, 0.15) is 61.0 Å². The molecule has 2 saturated carbocycles. The van der Waals surface area contributed by atoms with E-state index in [1.165, 1.54) is 6.92 Å². The minimum atomic E-state index is -1.78. The van der Waals surface area contributed by atoms with E-state index < -0.39 is 117 Å². The fourth-order valence-corrected chi connectivity index (χ4v) is 10.9. The average Bonchev–Trinajstić information content (AvgIpc) is 3.50. The van der Waals surface area contributed by atoms with Crippen molar-refractivity contribution in [3.05, 3.63) is 23.3 Å². The van der Waals surface area contributed by atoms with Crippen LogP contribution in [-0.4, -0.2) is 163 Å². The summed E-state index contributed by atoms with van der Waals surface area (Å²) in [7, 11) is 0. The zero-order chi connectivity index (χ0) is 39.0. The number of ketones is 1. The van der Waals surface area contributed by atoms with Crippen molar-refractivity contribution in [1.82, 2.24) is 0 Å². The lowest BCUT2D eigenvalue weighted by atomic mass is 9.46. The maximum Gasteiger partial charge on any atom is 0.187 e. The van der Waals surface area contributed by atoms with Gasteiger partial charge in [0.2, 0.25) is 0 Å². The van der Waals surface area contributed by atoms with Crippen LogP contribution in [0.4, 0.5) is 0 Å². The molecule has 3 saturated heterocycles. The van der Waals surface area contributed by atoms with Crippen molar-refractivity contribution < 1.29 is 79.2 Å². The van der Waals surface area contributed by atoms with E-state index in [0.29, 0.717) is 6.42 Å².